The molecule has 12 heavy (non-hydrogen) atoms. The highest BCUT2D eigenvalue weighted by molar-refractivity contribution is 8.12. The second-order valence-corrected chi connectivity index (χ2v) is 4.01. The Kier molecular flexibility index (Phi) is 5.45. The van der Waals surface area contributed by atoms with Crippen LogP contribution in [0.3, 0.4) is 0 Å². The van der Waals surface area contributed by atoms with E-state index < -0.39 is 0 Å². The number of thioether (sulfide) groups is 1. The second kappa shape index (κ2) is 5.25. The average Bonchev–Trinajstić information content (AvgIpc) is 2.31. The third-order valence-electron chi connectivity index (χ3n) is 2.28. The zero-order chi connectivity index (χ0) is 8.32. The van der Waals surface area contributed by atoms with Crippen molar-refractivity contribution in [3.63, 3.8) is 0 Å². The molecule has 1 aliphatic rings. The number of aliphatic hydroxyl groups is 1. The van der Waals surface area contributed by atoms with Gasteiger partial charge in [-0.05, 0) is 6.92 Å². The van der Waals surface area contributed by atoms with E-state index in [0.29, 0.717) is 6.61 Å². The molecule has 2 nitrogen and oxygen atoms in total. The van der Waals surface area contributed by atoms with Crippen LogP contribution < -0.4 is 17.0 Å². The lowest BCUT2D eigenvalue weighted by Gasteiger charge is -2.19. The van der Waals surface area contributed by atoms with Gasteiger partial charge in [-0.25, -0.2) is 4.58 Å². The topological polar surface area (TPSA) is 23.2 Å². The van der Waals surface area contributed by atoms with E-state index in [4.69, 9.17) is 5.11 Å². The fourth-order valence-corrected chi connectivity index (χ4v) is 2.76. The number of nitrogens with zero attached hydrogens (tertiary/aromatic N) is 1. The monoisotopic (exact) mass is 253 g/mol. The lowest BCUT2D eigenvalue weighted by molar-refractivity contribution is -0.589. The molecule has 72 valence electrons. The molecule has 1 atom stereocenters. The van der Waals surface area contributed by atoms with E-state index >= 15 is 0 Å². The summed E-state index contributed by atoms with van der Waals surface area (Å²) >= 11 is 1.84. The number of hydrogen-bond acceptors (Lipinski definition) is 2. The van der Waals surface area contributed by atoms with E-state index in [0.717, 1.165) is 18.7 Å². The van der Waals surface area contributed by atoms with Crippen molar-refractivity contribution in [3.8, 4) is 0 Å². The first-order valence-corrected chi connectivity index (χ1v) is 5.10. The summed E-state index contributed by atoms with van der Waals surface area (Å²) < 4.78 is 2.31. The van der Waals surface area contributed by atoms with Crippen molar-refractivity contribution in [3.05, 3.63) is 0 Å². The van der Waals surface area contributed by atoms with Crippen LogP contribution in [0.25, 0.3) is 0 Å². The van der Waals surface area contributed by atoms with Crippen LogP contribution in [0.15, 0.2) is 0 Å². The van der Waals surface area contributed by atoms with Crippen molar-refractivity contribution >= 4 is 17.3 Å². The zero-order valence-corrected chi connectivity index (χ0v) is 9.99. The molecule has 0 aromatic rings. The van der Waals surface area contributed by atoms with E-state index in [-0.39, 0.29) is 22.5 Å². The zero-order valence-electron chi connectivity index (χ0n) is 7.59. The summed E-state index contributed by atoms with van der Waals surface area (Å²) in [5.41, 5.74) is 2.38. The maximum Gasteiger partial charge on any atom is 0.198 e. The Labute approximate surface area is 88.8 Å². The third-order valence-corrected chi connectivity index (χ3v) is 3.47. The molecule has 0 spiro atoms. The van der Waals surface area contributed by atoms with Gasteiger partial charge in [0.1, 0.15) is 6.54 Å². The molecule has 0 saturated heterocycles. The number of halogens is 1. The normalized spacial score (nSPS) is 28.1. The molecule has 1 N–H and O–H groups in total. The van der Waals surface area contributed by atoms with Crippen LogP contribution in [0, 0.1) is 0 Å². The standard InChI is InChI=1S/C8H16NOS.BrH/c1-3-9-7-11-6-8(9,2)4-5-10;/h7,10H,3-6H2,1-2H3;1H/q+1;/p-1. The number of aliphatic hydroxyl groups excluding tert-OH is 1. The Balaban J connectivity index is 0.00000121. The minimum atomic E-state index is 0. The number of rotatable bonds is 3. The molecule has 0 amide bonds. The summed E-state index contributed by atoms with van der Waals surface area (Å²) in [5, 5.41) is 8.86. The minimum absolute atomic E-state index is 0. The Morgan fingerprint density at radius 3 is 2.83 bits per heavy atom. The third kappa shape index (κ3) is 2.47. The maximum absolute atomic E-state index is 8.86. The van der Waals surface area contributed by atoms with Crippen LogP contribution >= 0.6 is 11.8 Å². The summed E-state index contributed by atoms with van der Waals surface area (Å²) in [6.45, 7) is 5.70. The molecule has 1 unspecified atom stereocenters. The molecule has 0 aliphatic carbocycles. The van der Waals surface area contributed by atoms with Crippen LogP contribution in [-0.4, -0.2) is 39.7 Å². The maximum atomic E-state index is 8.86. The molecule has 0 radical (unpaired) electrons. The lowest BCUT2D eigenvalue weighted by Crippen LogP contribution is -3.00. The van der Waals surface area contributed by atoms with Gasteiger partial charge in [0.25, 0.3) is 0 Å². The van der Waals surface area contributed by atoms with Crippen LogP contribution in [0.4, 0.5) is 0 Å². The van der Waals surface area contributed by atoms with Gasteiger partial charge in [-0.15, -0.1) is 0 Å². The largest absolute Gasteiger partial charge is 1.00 e. The van der Waals surface area contributed by atoms with E-state index in [1.165, 1.54) is 0 Å². The van der Waals surface area contributed by atoms with E-state index in [9.17, 15) is 0 Å². The fraction of sp³-hybridized carbons (Fsp3) is 0.875. The molecular formula is C8H16BrNOS. The predicted octanol–water partition coefficient (Wildman–Crippen LogP) is -2.06. The molecular weight excluding hydrogens is 238 g/mol. The fourth-order valence-electron chi connectivity index (χ4n) is 1.43. The molecule has 0 fully saturated rings. The summed E-state index contributed by atoms with van der Waals surface area (Å²) in [4.78, 5) is 0. The van der Waals surface area contributed by atoms with E-state index in [1.54, 1.807) is 0 Å². The summed E-state index contributed by atoms with van der Waals surface area (Å²) in [5.74, 6) is 1.11. The summed E-state index contributed by atoms with van der Waals surface area (Å²) in [7, 11) is 0. The van der Waals surface area contributed by atoms with Crippen molar-refractivity contribution < 1.29 is 26.7 Å². The highest BCUT2D eigenvalue weighted by Crippen LogP contribution is 2.25. The first-order chi connectivity index (χ1) is 5.23. The SMILES string of the molecule is CC[N+]1=CSCC1(C)CCO.[Br-]. The summed E-state index contributed by atoms with van der Waals surface area (Å²) in [6, 6.07) is 0. The van der Waals surface area contributed by atoms with E-state index in [1.807, 2.05) is 11.8 Å². The van der Waals surface area contributed by atoms with Crippen molar-refractivity contribution in [2.24, 2.45) is 0 Å². The van der Waals surface area contributed by atoms with Crippen molar-refractivity contribution in [2.45, 2.75) is 25.8 Å². The van der Waals surface area contributed by atoms with Gasteiger partial charge < -0.3 is 22.1 Å². The Morgan fingerprint density at radius 2 is 2.33 bits per heavy atom. The quantitative estimate of drug-likeness (QED) is 0.585. The Hall–Kier alpha value is 0.460. The van der Waals surface area contributed by atoms with Crippen LogP contribution in [0.2, 0.25) is 0 Å². The van der Waals surface area contributed by atoms with E-state index in [2.05, 4.69) is 24.0 Å². The smallest absolute Gasteiger partial charge is 0.198 e. The van der Waals surface area contributed by atoms with Crippen LogP contribution in [0.5, 0.6) is 0 Å². The highest BCUT2D eigenvalue weighted by Gasteiger charge is 2.38. The predicted molar refractivity (Wildman–Crippen MR) is 49.4 cm³/mol. The van der Waals surface area contributed by atoms with Gasteiger partial charge >= 0.3 is 0 Å². The molecule has 0 bridgehead atoms. The van der Waals surface area contributed by atoms with Gasteiger partial charge in [0.15, 0.2) is 11.1 Å². The Morgan fingerprint density at radius 1 is 1.67 bits per heavy atom. The van der Waals surface area contributed by atoms with Gasteiger partial charge in [-0.3, -0.25) is 0 Å². The molecule has 0 saturated carbocycles. The van der Waals surface area contributed by atoms with Crippen molar-refractivity contribution in [1.82, 2.24) is 0 Å². The van der Waals surface area contributed by atoms with Crippen molar-refractivity contribution in [2.75, 3.05) is 18.9 Å². The Bertz CT molecular complexity index is 174. The molecule has 1 rings (SSSR count). The van der Waals surface area contributed by atoms with Gasteiger partial charge in [0.05, 0.1) is 5.75 Å². The first kappa shape index (κ1) is 12.5. The average molecular weight is 254 g/mol. The highest BCUT2D eigenvalue weighted by atomic mass is 79.9. The lowest BCUT2D eigenvalue weighted by atomic mass is 10.0. The second-order valence-electron chi connectivity index (χ2n) is 3.17. The molecule has 1 aliphatic heterocycles. The molecule has 0 aromatic heterocycles. The first-order valence-electron chi connectivity index (χ1n) is 4.05. The van der Waals surface area contributed by atoms with Gasteiger partial charge in [0.2, 0.25) is 0 Å². The molecule has 1 heterocycles. The van der Waals surface area contributed by atoms with Gasteiger partial charge in [-0.2, -0.15) is 0 Å². The van der Waals surface area contributed by atoms with Crippen molar-refractivity contribution in [1.29, 1.82) is 0 Å². The van der Waals surface area contributed by atoms with Gasteiger partial charge in [0, 0.05) is 20.0 Å². The van der Waals surface area contributed by atoms with Gasteiger partial charge in [-0.1, -0.05) is 11.8 Å². The van der Waals surface area contributed by atoms with Crippen LogP contribution in [0.1, 0.15) is 20.3 Å². The molecule has 0 aromatic carbocycles. The van der Waals surface area contributed by atoms with Crippen LogP contribution in [-0.2, 0) is 0 Å². The summed E-state index contributed by atoms with van der Waals surface area (Å²) in [6.07, 6.45) is 0.879. The number of hydrogen-bond donors (Lipinski definition) is 1. The minimum Gasteiger partial charge on any atom is -1.00 e. The molecule has 4 heteroatoms.